The highest BCUT2D eigenvalue weighted by Gasteiger charge is 2.44. The minimum absolute atomic E-state index is 0.0554. The Morgan fingerprint density at radius 1 is 1.35 bits per heavy atom. The van der Waals surface area contributed by atoms with Crippen molar-refractivity contribution in [3.8, 4) is 0 Å². The number of likely N-dealkylation sites (tertiary alicyclic amines) is 2. The number of urea groups is 1. The first-order chi connectivity index (χ1) is 9.31. The normalized spacial score (nSPS) is 28.9. The SMILES string of the molecule is CC1CN(C(=O)N2CC(C)(OCC(=O)O)C2)CCC1O. The molecule has 2 N–H and O–H groups in total. The number of carbonyl (C=O) groups is 2. The number of amides is 2. The fraction of sp³-hybridized carbons (Fsp3) is 0.846. The van der Waals surface area contributed by atoms with E-state index in [1.165, 1.54) is 0 Å². The summed E-state index contributed by atoms with van der Waals surface area (Å²) in [6.07, 6.45) is 0.271. The maximum absolute atomic E-state index is 12.3. The first-order valence-electron chi connectivity index (χ1n) is 6.88. The Kier molecular flexibility index (Phi) is 4.19. The lowest BCUT2D eigenvalue weighted by atomic mass is 9.95. The van der Waals surface area contributed by atoms with Crippen LogP contribution in [0.4, 0.5) is 4.79 Å². The average molecular weight is 286 g/mol. The van der Waals surface area contributed by atoms with E-state index in [4.69, 9.17) is 9.84 Å². The van der Waals surface area contributed by atoms with Crippen LogP contribution in [0.1, 0.15) is 20.3 Å². The second kappa shape index (κ2) is 5.57. The van der Waals surface area contributed by atoms with Gasteiger partial charge in [-0.05, 0) is 19.3 Å². The Balaban J connectivity index is 1.80. The Bertz CT molecular complexity index is 394. The number of piperidine rings is 1. The summed E-state index contributed by atoms with van der Waals surface area (Å²) >= 11 is 0. The summed E-state index contributed by atoms with van der Waals surface area (Å²) < 4.78 is 5.28. The Hall–Kier alpha value is -1.34. The predicted molar refractivity (Wildman–Crippen MR) is 70.3 cm³/mol. The lowest BCUT2D eigenvalue weighted by Crippen LogP contribution is -2.66. The Morgan fingerprint density at radius 2 is 2.00 bits per heavy atom. The van der Waals surface area contributed by atoms with Gasteiger partial charge < -0.3 is 24.7 Å². The molecule has 2 atom stereocenters. The molecular weight excluding hydrogens is 264 g/mol. The fourth-order valence-electron chi connectivity index (χ4n) is 2.73. The lowest BCUT2D eigenvalue weighted by molar-refractivity contribution is -0.160. The van der Waals surface area contributed by atoms with Crippen molar-refractivity contribution in [2.45, 2.75) is 32.0 Å². The topological polar surface area (TPSA) is 90.3 Å². The van der Waals surface area contributed by atoms with Gasteiger partial charge in [-0.2, -0.15) is 0 Å². The van der Waals surface area contributed by atoms with Gasteiger partial charge in [-0.1, -0.05) is 6.92 Å². The van der Waals surface area contributed by atoms with Crippen LogP contribution in [0, 0.1) is 5.92 Å². The van der Waals surface area contributed by atoms with Crippen LogP contribution in [-0.4, -0.2) is 76.5 Å². The third kappa shape index (κ3) is 3.21. The number of hydrogen-bond donors (Lipinski definition) is 2. The van der Waals surface area contributed by atoms with Gasteiger partial charge >= 0.3 is 12.0 Å². The van der Waals surface area contributed by atoms with E-state index in [9.17, 15) is 14.7 Å². The second-order valence-corrected chi connectivity index (χ2v) is 6.05. The van der Waals surface area contributed by atoms with E-state index < -0.39 is 11.6 Å². The first kappa shape index (κ1) is 15.1. The quantitative estimate of drug-likeness (QED) is 0.761. The number of aliphatic hydroxyl groups excluding tert-OH is 1. The molecule has 20 heavy (non-hydrogen) atoms. The molecule has 0 bridgehead atoms. The molecule has 7 nitrogen and oxygen atoms in total. The molecule has 0 radical (unpaired) electrons. The zero-order valence-electron chi connectivity index (χ0n) is 11.9. The van der Waals surface area contributed by atoms with Crippen LogP contribution in [0.2, 0.25) is 0 Å². The zero-order valence-corrected chi connectivity index (χ0v) is 11.9. The third-order valence-electron chi connectivity index (χ3n) is 4.00. The number of aliphatic carboxylic acids is 1. The molecule has 2 heterocycles. The molecule has 0 aromatic rings. The summed E-state index contributed by atoms with van der Waals surface area (Å²) in [7, 11) is 0. The van der Waals surface area contributed by atoms with Crippen LogP contribution >= 0.6 is 0 Å². The van der Waals surface area contributed by atoms with Crippen LogP contribution in [0.15, 0.2) is 0 Å². The smallest absolute Gasteiger partial charge is 0.329 e. The van der Waals surface area contributed by atoms with Crippen LogP contribution in [0.25, 0.3) is 0 Å². The maximum atomic E-state index is 12.3. The van der Waals surface area contributed by atoms with Crippen molar-refractivity contribution in [2.24, 2.45) is 5.92 Å². The molecule has 0 aromatic heterocycles. The number of aliphatic hydroxyl groups is 1. The number of ether oxygens (including phenoxy) is 1. The summed E-state index contributed by atoms with van der Waals surface area (Å²) in [5.74, 6) is -0.918. The van der Waals surface area contributed by atoms with Crippen molar-refractivity contribution >= 4 is 12.0 Å². The minimum Gasteiger partial charge on any atom is -0.480 e. The number of nitrogens with zero attached hydrogens (tertiary/aromatic N) is 2. The second-order valence-electron chi connectivity index (χ2n) is 6.05. The van der Waals surface area contributed by atoms with Crippen molar-refractivity contribution in [3.05, 3.63) is 0 Å². The Labute approximate surface area is 118 Å². The molecule has 114 valence electrons. The van der Waals surface area contributed by atoms with Gasteiger partial charge in [0.25, 0.3) is 0 Å². The molecule has 2 fully saturated rings. The van der Waals surface area contributed by atoms with E-state index in [-0.39, 0.29) is 24.7 Å². The van der Waals surface area contributed by atoms with Gasteiger partial charge in [0.2, 0.25) is 0 Å². The van der Waals surface area contributed by atoms with Crippen molar-refractivity contribution in [3.63, 3.8) is 0 Å². The van der Waals surface area contributed by atoms with Crippen molar-refractivity contribution in [2.75, 3.05) is 32.8 Å². The standard InChI is InChI=1S/C13H22N2O5/c1-9-5-14(4-3-10(9)16)12(19)15-7-13(2,8-15)20-6-11(17)18/h9-10,16H,3-8H2,1-2H3,(H,17,18). The number of hydrogen-bond acceptors (Lipinski definition) is 4. The van der Waals surface area contributed by atoms with Gasteiger partial charge in [-0.15, -0.1) is 0 Å². The van der Waals surface area contributed by atoms with E-state index in [1.54, 1.807) is 9.80 Å². The molecule has 2 saturated heterocycles. The van der Waals surface area contributed by atoms with Gasteiger partial charge in [0.15, 0.2) is 0 Å². The molecule has 0 saturated carbocycles. The van der Waals surface area contributed by atoms with Crippen molar-refractivity contribution in [1.29, 1.82) is 0 Å². The van der Waals surface area contributed by atoms with Crippen LogP contribution < -0.4 is 0 Å². The Morgan fingerprint density at radius 3 is 2.55 bits per heavy atom. The highest BCUT2D eigenvalue weighted by Crippen LogP contribution is 2.27. The van der Waals surface area contributed by atoms with Crippen molar-refractivity contribution < 1.29 is 24.5 Å². The largest absolute Gasteiger partial charge is 0.480 e. The molecule has 0 aromatic carbocycles. The molecule has 2 rings (SSSR count). The van der Waals surface area contributed by atoms with Crippen LogP contribution in [-0.2, 0) is 9.53 Å². The van der Waals surface area contributed by atoms with Gasteiger partial charge in [0.05, 0.1) is 19.2 Å². The van der Waals surface area contributed by atoms with Crippen LogP contribution in [0.3, 0.4) is 0 Å². The monoisotopic (exact) mass is 286 g/mol. The number of carbonyl (C=O) groups excluding carboxylic acids is 1. The summed E-state index contributed by atoms with van der Waals surface area (Å²) in [5.41, 5.74) is -0.561. The molecule has 2 unspecified atom stereocenters. The molecule has 0 spiro atoms. The summed E-state index contributed by atoms with van der Waals surface area (Å²) in [5, 5.41) is 18.3. The average Bonchev–Trinajstić information content (AvgIpc) is 2.35. The molecule has 0 aliphatic carbocycles. The number of carboxylic acids is 1. The fourth-order valence-corrected chi connectivity index (χ4v) is 2.73. The molecular formula is C13H22N2O5. The first-order valence-corrected chi connectivity index (χ1v) is 6.88. The van der Waals surface area contributed by atoms with E-state index in [0.717, 1.165) is 0 Å². The third-order valence-corrected chi connectivity index (χ3v) is 4.00. The van der Waals surface area contributed by atoms with Crippen molar-refractivity contribution in [1.82, 2.24) is 9.80 Å². The molecule has 2 amide bonds. The minimum atomic E-state index is -1.00. The van der Waals surface area contributed by atoms with Gasteiger partial charge in [-0.25, -0.2) is 9.59 Å². The van der Waals surface area contributed by atoms with E-state index >= 15 is 0 Å². The van der Waals surface area contributed by atoms with Gasteiger partial charge in [0, 0.05) is 13.1 Å². The van der Waals surface area contributed by atoms with E-state index in [1.807, 2.05) is 13.8 Å². The highest BCUT2D eigenvalue weighted by atomic mass is 16.5. The predicted octanol–water partition coefficient (Wildman–Crippen LogP) is -0.0154. The number of rotatable bonds is 3. The summed E-state index contributed by atoms with van der Waals surface area (Å²) in [6.45, 7) is 5.34. The highest BCUT2D eigenvalue weighted by molar-refractivity contribution is 5.76. The lowest BCUT2D eigenvalue weighted by Gasteiger charge is -2.49. The van der Waals surface area contributed by atoms with Gasteiger partial charge in [0.1, 0.15) is 12.2 Å². The zero-order chi connectivity index (χ0) is 14.9. The molecule has 7 heteroatoms. The summed E-state index contributed by atoms with van der Waals surface area (Å²) in [6, 6.07) is -0.0554. The van der Waals surface area contributed by atoms with E-state index in [2.05, 4.69) is 0 Å². The number of carboxylic acid groups (broad SMARTS) is 1. The van der Waals surface area contributed by atoms with E-state index in [0.29, 0.717) is 32.6 Å². The maximum Gasteiger partial charge on any atom is 0.329 e. The summed E-state index contributed by atoms with van der Waals surface area (Å²) in [4.78, 5) is 26.1. The van der Waals surface area contributed by atoms with Crippen LogP contribution in [0.5, 0.6) is 0 Å². The molecule has 2 aliphatic heterocycles. The van der Waals surface area contributed by atoms with Gasteiger partial charge in [-0.3, -0.25) is 0 Å². The molecule has 2 aliphatic rings.